The lowest BCUT2D eigenvalue weighted by molar-refractivity contribution is -0.139. The Morgan fingerprint density at radius 2 is 1.78 bits per heavy atom. The van der Waals surface area contributed by atoms with Gasteiger partial charge in [-0.25, -0.2) is 0 Å². The molecule has 2 rings (SSSR count). The summed E-state index contributed by atoms with van der Waals surface area (Å²) < 4.78 is 44.6. The molecule has 0 radical (unpaired) electrons. The molecule has 1 saturated carbocycles. The minimum Gasteiger partial charge on any atom is -0.490 e. The molecule has 1 aromatic carbocycles. The van der Waals surface area contributed by atoms with E-state index >= 15 is 0 Å². The van der Waals surface area contributed by atoms with Gasteiger partial charge in [-0.3, -0.25) is 0 Å². The maximum atomic E-state index is 12.9. The number of hydrogen-bond acceptors (Lipinski definition) is 1. The van der Waals surface area contributed by atoms with Gasteiger partial charge in [-0.2, -0.15) is 13.2 Å². The molecule has 18 heavy (non-hydrogen) atoms. The van der Waals surface area contributed by atoms with Crippen molar-refractivity contribution in [2.45, 2.75) is 44.4 Å². The van der Waals surface area contributed by atoms with E-state index in [0.29, 0.717) is 4.47 Å². The van der Waals surface area contributed by atoms with E-state index in [-0.39, 0.29) is 11.9 Å². The lowest BCUT2D eigenvalue weighted by Gasteiger charge is -2.24. The fraction of sp³-hybridized carbons (Fsp3) is 0.538. The molecule has 1 nitrogen and oxygen atoms in total. The minimum atomic E-state index is -4.38. The molecule has 0 heterocycles. The summed E-state index contributed by atoms with van der Waals surface area (Å²) in [6.07, 6.45) is 0.423. The van der Waals surface area contributed by atoms with Gasteiger partial charge in [-0.1, -0.05) is 22.4 Å². The van der Waals surface area contributed by atoms with Gasteiger partial charge in [-0.15, -0.1) is 0 Å². The van der Waals surface area contributed by atoms with E-state index in [1.54, 1.807) is 6.07 Å². The second-order valence-corrected chi connectivity index (χ2v) is 5.43. The summed E-state index contributed by atoms with van der Waals surface area (Å²) in [5.41, 5.74) is -0.706. The van der Waals surface area contributed by atoms with Crippen molar-refractivity contribution in [1.29, 1.82) is 0 Å². The molecule has 5 heteroatoms. The van der Waals surface area contributed by atoms with E-state index in [9.17, 15) is 13.2 Å². The van der Waals surface area contributed by atoms with Gasteiger partial charge in [0.05, 0.1) is 11.7 Å². The molecule has 1 aromatic rings. The summed E-state index contributed by atoms with van der Waals surface area (Å²) in [5, 5.41) is 0. The molecule has 0 bridgehead atoms. The standard InChI is InChI=1S/C13H14BrF3O/c14-9-6-7-12(11(8-9)13(15,16)17)18-10-4-2-1-3-5-10/h6-8,10H,1-5H2. The van der Waals surface area contributed by atoms with Gasteiger partial charge >= 0.3 is 6.18 Å². The van der Waals surface area contributed by atoms with Gasteiger partial charge in [-0.05, 0) is 43.9 Å². The average molecular weight is 323 g/mol. The van der Waals surface area contributed by atoms with E-state index < -0.39 is 11.7 Å². The van der Waals surface area contributed by atoms with Crippen molar-refractivity contribution in [3.8, 4) is 5.75 Å². The van der Waals surface area contributed by atoms with Crippen molar-refractivity contribution in [1.82, 2.24) is 0 Å². The highest BCUT2D eigenvalue weighted by molar-refractivity contribution is 9.10. The summed E-state index contributed by atoms with van der Waals surface area (Å²) in [6, 6.07) is 4.03. The summed E-state index contributed by atoms with van der Waals surface area (Å²) in [4.78, 5) is 0. The molecule has 0 unspecified atom stereocenters. The van der Waals surface area contributed by atoms with Crippen LogP contribution in [-0.4, -0.2) is 6.10 Å². The molecule has 0 spiro atoms. The van der Waals surface area contributed by atoms with Gasteiger partial charge in [0.2, 0.25) is 0 Å². The highest BCUT2D eigenvalue weighted by Gasteiger charge is 2.35. The average Bonchev–Trinajstić information content (AvgIpc) is 2.31. The molecule has 0 aromatic heterocycles. The van der Waals surface area contributed by atoms with Crippen LogP contribution >= 0.6 is 15.9 Å². The van der Waals surface area contributed by atoms with Gasteiger partial charge in [0, 0.05) is 4.47 Å². The Bertz CT molecular complexity index is 411. The van der Waals surface area contributed by atoms with Crippen LogP contribution in [-0.2, 0) is 6.18 Å². The smallest absolute Gasteiger partial charge is 0.420 e. The van der Waals surface area contributed by atoms with E-state index in [0.717, 1.165) is 38.2 Å². The Kier molecular flexibility index (Phi) is 4.20. The maximum Gasteiger partial charge on any atom is 0.420 e. The number of hydrogen-bond donors (Lipinski definition) is 0. The summed E-state index contributed by atoms with van der Waals surface area (Å²) in [6.45, 7) is 0. The first kappa shape index (κ1) is 13.7. The van der Waals surface area contributed by atoms with Crippen LogP contribution in [0.5, 0.6) is 5.75 Å². The highest BCUT2D eigenvalue weighted by atomic mass is 79.9. The van der Waals surface area contributed by atoms with Crippen LogP contribution in [0.25, 0.3) is 0 Å². The molecule has 0 amide bonds. The normalized spacial score (nSPS) is 17.8. The van der Waals surface area contributed by atoms with Gasteiger partial charge in [0.1, 0.15) is 5.75 Å². The van der Waals surface area contributed by atoms with Crippen molar-refractivity contribution in [2.24, 2.45) is 0 Å². The summed E-state index contributed by atoms with van der Waals surface area (Å²) >= 11 is 3.06. The molecule has 1 aliphatic rings. The highest BCUT2D eigenvalue weighted by Crippen LogP contribution is 2.39. The molecular weight excluding hydrogens is 309 g/mol. The number of ether oxygens (including phenoxy) is 1. The van der Waals surface area contributed by atoms with Crippen molar-refractivity contribution in [3.63, 3.8) is 0 Å². The first-order chi connectivity index (χ1) is 8.47. The third-order valence-corrected chi connectivity index (χ3v) is 3.59. The second-order valence-electron chi connectivity index (χ2n) is 4.52. The Hall–Kier alpha value is -0.710. The first-order valence-electron chi connectivity index (χ1n) is 6.00. The SMILES string of the molecule is FC(F)(F)c1cc(Br)ccc1OC1CCCCC1. The molecular formula is C13H14BrF3O. The number of alkyl halides is 3. The topological polar surface area (TPSA) is 9.23 Å². The van der Waals surface area contributed by atoms with Crippen LogP contribution in [0.3, 0.4) is 0 Å². The van der Waals surface area contributed by atoms with Crippen LogP contribution < -0.4 is 4.74 Å². The third-order valence-electron chi connectivity index (χ3n) is 3.09. The van der Waals surface area contributed by atoms with Gasteiger partial charge in [0.15, 0.2) is 0 Å². The largest absolute Gasteiger partial charge is 0.490 e. The Labute approximate surface area is 112 Å². The molecule has 0 atom stereocenters. The lowest BCUT2D eigenvalue weighted by Crippen LogP contribution is -2.21. The van der Waals surface area contributed by atoms with Crippen LogP contribution in [0, 0.1) is 0 Å². The van der Waals surface area contributed by atoms with Crippen molar-refractivity contribution in [3.05, 3.63) is 28.2 Å². The fourth-order valence-corrected chi connectivity index (χ4v) is 2.55. The summed E-state index contributed by atoms with van der Waals surface area (Å²) in [7, 11) is 0. The van der Waals surface area contributed by atoms with E-state index in [2.05, 4.69) is 15.9 Å². The quantitative estimate of drug-likeness (QED) is 0.729. The number of rotatable bonds is 2. The second kappa shape index (κ2) is 5.51. The molecule has 1 aliphatic carbocycles. The lowest BCUT2D eigenvalue weighted by atomic mass is 9.97. The third kappa shape index (κ3) is 3.40. The Balaban J connectivity index is 2.21. The van der Waals surface area contributed by atoms with Crippen molar-refractivity contribution >= 4 is 15.9 Å². The van der Waals surface area contributed by atoms with Crippen molar-refractivity contribution < 1.29 is 17.9 Å². The van der Waals surface area contributed by atoms with Crippen LogP contribution in [0.1, 0.15) is 37.7 Å². The van der Waals surface area contributed by atoms with Crippen LogP contribution in [0.4, 0.5) is 13.2 Å². The monoisotopic (exact) mass is 322 g/mol. The maximum absolute atomic E-state index is 12.9. The van der Waals surface area contributed by atoms with Gasteiger partial charge < -0.3 is 4.74 Å². The predicted molar refractivity (Wildman–Crippen MR) is 66.6 cm³/mol. The van der Waals surface area contributed by atoms with E-state index in [4.69, 9.17) is 4.74 Å². The molecule has 0 aliphatic heterocycles. The number of halogens is 4. The van der Waals surface area contributed by atoms with Crippen molar-refractivity contribution in [2.75, 3.05) is 0 Å². The zero-order valence-electron chi connectivity index (χ0n) is 9.77. The van der Waals surface area contributed by atoms with Crippen LogP contribution in [0.15, 0.2) is 22.7 Å². The minimum absolute atomic E-state index is 0.0578. The van der Waals surface area contributed by atoms with Crippen LogP contribution in [0.2, 0.25) is 0 Å². The molecule has 0 N–H and O–H groups in total. The zero-order chi connectivity index (χ0) is 13.2. The first-order valence-corrected chi connectivity index (χ1v) is 6.79. The molecule has 0 saturated heterocycles. The zero-order valence-corrected chi connectivity index (χ0v) is 11.4. The summed E-state index contributed by atoms with van der Waals surface area (Å²) in [5.74, 6) is -0.0578. The van der Waals surface area contributed by atoms with Gasteiger partial charge in [0.25, 0.3) is 0 Å². The predicted octanol–water partition coefficient (Wildman–Crippen LogP) is 5.18. The van der Waals surface area contributed by atoms with E-state index in [1.807, 2.05) is 0 Å². The molecule has 1 fully saturated rings. The molecule has 100 valence electrons. The Morgan fingerprint density at radius 1 is 1.11 bits per heavy atom. The van der Waals surface area contributed by atoms with E-state index in [1.165, 1.54) is 6.07 Å². The number of benzene rings is 1. The Morgan fingerprint density at radius 3 is 2.39 bits per heavy atom. The fourth-order valence-electron chi connectivity index (χ4n) is 2.19.